The predicted octanol–water partition coefficient (Wildman–Crippen LogP) is 5.22. The number of carbonyl (C=O) groups is 1. The Bertz CT molecular complexity index is 1300. The first-order chi connectivity index (χ1) is 13.7. The summed E-state index contributed by atoms with van der Waals surface area (Å²) < 4.78 is 0. The zero-order chi connectivity index (χ0) is 19.3. The molecule has 0 amide bonds. The third kappa shape index (κ3) is 2.34. The minimum absolute atomic E-state index is 0.104. The van der Waals surface area contributed by atoms with Gasteiger partial charge in [0.05, 0.1) is 23.5 Å². The van der Waals surface area contributed by atoms with E-state index in [1.165, 1.54) is 11.3 Å². The molecule has 0 radical (unpaired) electrons. The number of carbonyl (C=O) groups excluding carboxylic acids is 1. The Balaban J connectivity index is 1.81. The Labute approximate surface area is 165 Å². The maximum absolute atomic E-state index is 13.3. The van der Waals surface area contributed by atoms with Crippen molar-refractivity contribution in [3.8, 4) is 33.0 Å². The van der Waals surface area contributed by atoms with Gasteiger partial charge in [0.15, 0.2) is 5.78 Å². The molecule has 0 saturated carbocycles. The van der Waals surface area contributed by atoms with Crippen molar-refractivity contribution in [1.29, 1.82) is 0 Å². The summed E-state index contributed by atoms with van der Waals surface area (Å²) in [4.78, 5) is 26.5. The Hall–Kier alpha value is -3.82. The van der Waals surface area contributed by atoms with Gasteiger partial charge in [-0.2, -0.15) is 11.3 Å². The summed E-state index contributed by atoms with van der Waals surface area (Å²) in [5.74, 6) is 0.0220. The standard InChI is InChI=1S/C22H12N4OS/c1-24-16-11-10-15(28-16)13-8-5-9-14-17(13)20-18(21(14)27)19(25-22(23)26-20)12-6-3-2-4-7-12/h2-11H,(H2,23,25,26). The monoisotopic (exact) mass is 380 g/mol. The number of thiophene rings is 1. The summed E-state index contributed by atoms with van der Waals surface area (Å²) in [6.07, 6.45) is 0. The zero-order valence-electron chi connectivity index (χ0n) is 14.5. The normalized spacial score (nSPS) is 11.8. The molecular weight excluding hydrogens is 368 g/mol. The average Bonchev–Trinajstić information content (AvgIpc) is 3.32. The number of nitrogens with two attached hydrogens (primary N) is 1. The third-order valence-corrected chi connectivity index (χ3v) is 5.73. The second kappa shape index (κ2) is 6.12. The molecule has 4 aromatic rings. The van der Waals surface area contributed by atoms with Crippen molar-refractivity contribution in [1.82, 2.24) is 9.97 Å². The molecule has 0 saturated heterocycles. The van der Waals surface area contributed by atoms with E-state index in [4.69, 9.17) is 12.3 Å². The van der Waals surface area contributed by atoms with Gasteiger partial charge in [-0.1, -0.05) is 54.6 Å². The maximum atomic E-state index is 13.3. The Morgan fingerprint density at radius 3 is 2.36 bits per heavy atom. The SMILES string of the molecule is [C-]#[N+]c1ccc(-c2cccc3c2-c2nc(N)nc(-c4ccccc4)c2C3=O)s1. The summed E-state index contributed by atoms with van der Waals surface area (Å²) in [5, 5.41) is 0.601. The van der Waals surface area contributed by atoms with E-state index in [0.717, 1.165) is 21.6 Å². The summed E-state index contributed by atoms with van der Waals surface area (Å²) in [7, 11) is 0. The van der Waals surface area contributed by atoms with E-state index < -0.39 is 0 Å². The van der Waals surface area contributed by atoms with Crippen LogP contribution in [0.4, 0.5) is 10.9 Å². The summed E-state index contributed by atoms with van der Waals surface area (Å²) in [5.41, 5.74) is 10.6. The van der Waals surface area contributed by atoms with Crippen LogP contribution in [0.15, 0.2) is 60.7 Å². The lowest BCUT2D eigenvalue weighted by molar-refractivity contribution is 0.104. The number of anilines is 1. The molecule has 1 aliphatic rings. The van der Waals surface area contributed by atoms with Crippen molar-refractivity contribution >= 4 is 28.1 Å². The number of nitrogens with zero attached hydrogens (tertiary/aromatic N) is 3. The second-order valence-corrected chi connectivity index (χ2v) is 7.39. The van der Waals surface area contributed by atoms with Gasteiger partial charge >= 0.3 is 0 Å². The first-order valence-electron chi connectivity index (χ1n) is 8.56. The number of aromatic nitrogens is 2. The van der Waals surface area contributed by atoms with Gasteiger partial charge < -0.3 is 5.73 Å². The number of benzene rings is 2. The highest BCUT2D eigenvalue weighted by Gasteiger charge is 2.34. The molecule has 6 heteroatoms. The van der Waals surface area contributed by atoms with Gasteiger partial charge in [0.1, 0.15) is 0 Å². The molecule has 2 heterocycles. The average molecular weight is 380 g/mol. The van der Waals surface area contributed by atoms with E-state index in [1.54, 1.807) is 12.1 Å². The van der Waals surface area contributed by atoms with Gasteiger partial charge in [-0.15, -0.1) is 0 Å². The third-order valence-electron chi connectivity index (χ3n) is 4.71. The van der Waals surface area contributed by atoms with Crippen molar-refractivity contribution in [3.05, 3.63) is 83.2 Å². The highest BCUT2D eigenvalue weighted by molar-refractivity contribution is 7.19. The van der Waals surface area contributed by atoms with E-state index in [2.05, 4.69) is 14.8 Å². The molecule has 2 N–H and O–H groups in total. The van der Waals surface area contributed by atoms with Crippen molar-refractivity contribution in [2.24, 2.45) is 0 Å². The molecule has 0 atom stereocenters. The van der Waals surface area contributed by atoms with Gasteiger partial charge in [-0.25, -0.2) is 14.8 Å². The van der Waals surface area contributed by atoms with Crippen LogP contribution in [0.5, 0.6) is 0 Å². The van der Waals surface area contributed by atoms with E-state index >= 15 is 0 Å². The van der Waals surface area contributed by atoms with Gasteiger partial charge in [0.2, 0.25) is 10.9 Å². The summed E-state index contributed by atoms with van der Waals surface area (Å²) in [6, 6.07) is 18.8. The molecule has 0 unspecified atom stereocenters. The fraction of sp³-hybridized carbons (Fsp3) is 0. The van der Waals surface area contributed by atoms with Crippen LogP contribution in [0.25, 0.3) is 37.8 Å². The van der Waals surface area contributed by atoms with Crippen LogP contribution in [0.3, 0.4) is 0 Å². The van der Waals surface area contributed by atoms with E-state index in [-0.39, 0.29) is 11.7 Å². The molecule has 0 fully saturated rings. The summed E-state index contributed by atoms with van der Waals surface area (Å²) in [6.45, 7) is 7.22. The number of ketones is 1. The van der Waals surface area contributed by atoms with Crippen LogP contribution in [-0.2, 0) is 0 Å². The highest BCUT2D eigenvalue weighted by atomic mass is 32.1. The van der Waals surface area contributed by atoms with Gasteiger partial charge in [-0.3, -0.25) is 4.79 Å². The molecule has 28 heavy (non-hydrogen) atoms. The number of nitrogen functional groups attached to an aromatic ring is 1. The first kappa shape index (κ1) is 16.4. The van der Waals surface area contributed by atoms with Crippen molar-refractivity contribution in [2.45, 2.75) is 0 Å². The minimum atomic E-state index is -0.104. The molecular formula is C22H12N4OS. The molecule has 2 aromatic heterocycles. The number of hydrogen-bond donors (Lipinski definition) is 1. The molecule has 5 rings (SSSR count). The molecule has 0 aliphatic heterocycles. The molecule has 5 nitrogen and oxygen atoms in total. The van der Waals surface area contributed by atoms with Gasteiger partial charge in [0, 0.05) is 27.1 Å². The van der Waals surface area contributed by atoms with Crippen molar-refractivity contribution in [3.63, 3.8) is 0 Å². The lowest BCUT2D eigenvalue weighted by Crippen LogP contribution is -2.05. The lowest BCUT2D eigenvalue weighted by atomic mass is 10.0. The number of rotatable bonds is 2. The quantitative estimate of drug-likeness (QED) is 0.426. The number of fused-ring (bicyclic) bond motifs is 3. The van der Waals surface area contributed by atoms with Crippen molar-refractivity contribution in [2.75, 3.05) is 5.73 Å². The number of hydrogen-bond acceptors (Lipinski definition) is 5. The van der Waals surface area contributed by atoms with Crippen LogP contribution in [-0.4, -0.2) is 15.8 Å². The van der Waals surface area contributed by atoms with Crippen molar-refractivity contribution < 1.29 is 4.79 Å². The van der Waals surface area contributed by atoms with Crippen LogP contribution < -0.4 is 5.73 Å². The van der Waals surface area contributed by atoms with Crippen LogP contribution >= 0.6 is 11.3 Å². The Kier molecular flexibility index (Phi) is 3.57. The Morgan fingerprint density at radius 2 is 1.61 bits per heavy atom. The zero-order valence-corrected chi connectivity index (χ0v) is 15.3. The fourth-order valence-electron chi connectivity index (χ4n) is 3.55. The fourth-order valence-corrected chi connectivity index (χ4v) is 4.37. The second-order valence-electron chi connectivity index (χ2n) is 6.33. The van der Waals surface area contributed by atoms with Crippen LogP contribution in [0.1, 0.15) is 15.9 Å². The van der Waals surface area contributed by atoms with Crippen LogP contribution in [0, 0.1) is 6.57 Å². The molecule has 1 aliphatic carbocycles. The molecule has 132 valence electrons. The largest absolute Gasteiger partial charge is 0.368 e. The van der Waals surface area contributed by atoms with E-state index in [0.29, 0.717) is 27.5 Å². The van der Waals surface area contributed by atoms with Crippen LogP contribution in [0.2, 0.25) is 0 Å². The van der Waals surface area contributed by atoms with Gasteiger partial charge in [-0.05, 0) is 6.07 Å². The smallest absolute Gasteiger partial charge is 0.241 e. The minimum Gasteiger partial charge on any atom is -0.368 e. The molecule has 0 spiro atoms. The van der Waals surface area contributed by atoms with E-state index in [1.807, 2.05) is 48.5 Å². The van der Waals surface area contributed by atoms with E-state index in [9.17, 15) is 4.79 Å². The molecule has 0 bridgehead atoms. The Morgan fingerprint density at radius 1 is 0.857 bits per heavy atom. The molecule has 2 aromatic carbocycles. The first-order valence-corrected chi connectivity index (χ1v) is 9.37. The topological polar surface area (TPSA) is 73.2 Å². The highest BCUT2D eigenvalue weighted by Crippen LogP contribution is 2.46. The lowest BCUT2D eigenvalue weighted by Gasteiger charge is -2.09. The predicted molar refractivity (Wildman–Crippen MR) is 110 cm³/mol. The maximum Gasteiger partial charge on any atom is 0.241 e. The summed E-state index contributed by atoms with van der Waals surface area (Å²) >= 11 is 1.39. The van der Waals surface area contributed by atoms with Gasteiger partial charge in [0.25, 0.3) is 0 Å².